The van der Waals surface area contributed by atoms with Crippen LogP contribution < -0.4 is 5.32 Å². The first-order valence-electron chi connectivity index (χ1n) is 7.17. The molecule has 0 aliphatic carbocycles. The molecule has 0 bridgehead atoms. The van der Waals surface area contributed by atoms with E-state index in [-0.39, 0.29) is 6.04 Å². The molecule has 3 nitrogen and oxygen atoms in total. The third kappa shape index (κ3) is 3.41. The normalized spacial score (nSPS) is 12.6. The van der Waals surface area contributed by atoms with E-state index in [1.807, 2.05) is 23.9 Å². The fourth-order valence-corrected chi connectivity index (χ4v) is 2.45. The molecule has 1 unspecified atom stereocenters. The molecule has 0 saturated carbocycles. The van der Waals surface area contributed by atoms with Gasteiger partial charge in [-0.15, -0.1) is 0 Å². The zero-order chi connectivity index (χ0) is 14.5. The zero-order valence-electron chi connectivity index (χ0n) is 12.4. The Labute approximate surface area is 126 Å². The number of hydrogen-bond acceptors (Lipinski definition) is 2. The van der Waals surface area contributed by atoms with Crippen molar-refractivity contribution in [2.75, 3.05) is 6.54 Å². The van der Waals surface area contributed by atoms with Crippen LogP contribution in [0.5, 0.6) is 0 Å². The smallest absolute Gasteiger partial charge is 0.0748 e. The molecule has 20 heavy (non-hydrogen) atoms. The highest BCUT2D eigenvalue weighted by Crippen LogP contribution is 2.24. The summed E-state index contributed by atoms with van der Waals surface area (Å²) >= 11 is 5.99. The monoisotopic (exact) mass is 291 g/mol. The van der Waals surface area contributed by atoms with Gasteiger partial charge in [0.15, 0.2) is 0 Å². The lowest BCUT2D eigenvalue weighted by molar-refractivity contribution is 0.553. The predicted octanol–water partition coefficient (Wildman–Crippen LogP) is 3.72. The fourth-order valence-electron chi connectivity index (χ4n) is 2.32. The van der Waals surface area contributed by atoms with Crippen LogP contribution in [0.1, 0.15) is 43.3 Å². The van der Waals surface area contributed by atoms with E-state index in [0.29, 0.717) is 0 Å². The van der Waals surface area contributed by atoms with Crippen molar-refractivity contribution >= 4 is 11.6 Å². The van der Waals surface area contributed by atoms with Crippen LogP contribution in [0.25, 0.3) is 0 Å². The van der Waals surface area contributed by atoms with E-state index in [2.05, 4.69) is 42.5 Å². The van der Waals surface area contributed by atoms with Crippen molar-refractivity contribution in [3.05, 3.63) is 52.3 Å². The summed E-state index contributed by atoms with van der Waals surface area (Å²) in [4.78, 5) is 0. The maximum atomic E-state index is 5.99. The topological polar surface area (TPSA) is 29.9 Å². The molecule has 0 amide bonds. The lowest BCUT2D eigenvalue weighted by Gasteiger charge is -2.19. The van der Waals surface area contributed by atoms with Gasteiger partial charge in [0.2, 0.25) is 0 Å². The van der Waals surface area contributed by atoms with Crippen molar-refractivity contribution in [3.63, 3.8) is 0 Å². The van der Waals surface area contributed by atoms with E-state index in [0.717, 1.165) is 30.1 Å². The Balaban J connectivity index is 2.35. The zero-order valence-corrected chi connectivity index (χ0v) is 13.1. The van der Waals surface area contributed by atoms with Crippen molar-refractivity contribution in [1.29, 1.82) is 0 Å². The predicted molar refractivity (Wildman–Crippen MR) is 84.2 cm³/mol. The van der Waals surface area contributed by atoms with Crippen LogP contribution >= 0.6 is 11.6 Å². The van der Waals surface area contributed by atoms with E-state index in [1.165, 1.54) is 11.3 Å². The third-order valence-electron chi connectivity index (χ3n) is 3.43. The summed E-state index contributed by atoms with van der Waals surface area (Å²) in [5.41, 5.74) is 3.53. The number of hydrogen-bond donors (Lipinski definition) is 1. The molecule has 0 aliphatic heterocycles. The third-order valence-corrected chi connectivity index (χ3v) is 3.68. The summed E-state index contributed by atoms with van der Waals surface area (Å²) in [6.07, 6.45) is 2.05. The molecular formula is C16H22ClN3. The Morgan fingerprint density at radius 1 is 1.25 bits per heavy atom. The number of nitrogens with zero attached hydrogens (tertiary/aromatic N) is 2. The van der Waals surface area contributed by atoms with Gasteiger partial charge >= 0.3 is 0 Å². The van der Waals surface area contributed by atoms with E-state index in [4.69, 9.17) is 11.6 Å². The average molecular weight is 292 g/mol. The Kier molecular flexibility index (Phi) is 5.21. The molecule has 1 aromatic carbocycles. The summed E-state index contributed by atoms with van der Waals surface area (Å²) in [5.74, 6) is 0. The first kappa shape index (κ1) is 15.1. The van der Waals surface area contributed by atoms with Gasteiger partial charge in [0.05, 0.1) is 17.4 Å². The van der Waals surface area contributed by atoms with Gasteiger partial charge in [0.25, 0.3) is 0 Å². The molecule has 108 valence electrons. The molecule has 0 spiro atoms. The van der Waals surface area contributed by atoms with Crippen molar-refractivity contribution < 1.29 is 0 Å². The van der Waals surface area contributed by atoms with Gasteiger partial charge in [-0.2, -0.15) is 5.10 Å². The fraction of sp³-hybridized carbons (Fsp3) is 0.438. The highest BCUT2D eigenvalue weighted by atomic mass is 35.5. The Morgan fingerprint density at radius 3 is 2.50 bits per heavy atom. The van der Waals surface area contributed by atoms with Gasteiger partial charge in [-0.25, -0.2) is 0 Å². The van der Waals surface area contributed by atoms with Gasteiger partial charge in [0, 0.05) is 12.1 Å². The Hall–Kier alpha value is -1.32. The minimum atomic E-state index is 0.157. The standard InChI is InChI=1S/C16H22ClN3/c1-4-10-18-16(12-6-8-13(17)9-7-12)15-11-14(5-2)19-20(15)3/h6-9,11,16,18H,4-5,10H2,1-3H3. The second-order valence-corrected chi connectivity index (χ2v) is 5.41. The second kappa shape index (κ2) is 6.91. The molecular weight excluding hydrogens is 270 g/mol. The number of aryl methyl sites for hydroxylation is 2. The van der Waals surface area contributed by atoms with Crippen LogP contribution in [0.3, 0.4) is 0 Å². The van der Waals surface area contributed by atoms with Gasteiger partial charge in [0.1, 0.15) is 0 Å². The summed E-state index contributed by atoms with van der Waals surface area (Å²) in [5, 5.41) is 8.91. The van der Waals surface area contributed by atoms with Gasteiger partial charge in [-0.1, -0.05) is 37.6 Å². The number of nitrogens with one attached hydrogen (secondary N) is 1. The van der Waals surface area contributed by atoms with Crippen molar-refractivity contribution in [1.82, 2.24) is 15.1 Å². The quantitative estimate of drug-likeness (QED) is 0.879. The first-order valence-corrected chi connectivity index (χ1v) is 7.55. The molecule has 0 saturated heterocycles. The van der Waals surface area contributed by atoms with Crippen molar-refractivity contribution in [2.45, 2.75) is 32.7 Å². The second-order valence-electron chi connectivity index (χ2n) is 4.98. The maximum Gasteiger partial charge on any atom is 0.0748 e. The van der Waals surface area contributed by atoms with Crippen LogP contribution in [0.15, 0.2) is 30.3 Å². The molecule has 0 aliphatic rings. The SMILES string of the molecule is CCCNC(c1ccc(Cl)cc1)c1cc(CC)nn1C. The number of aromatic nitrogens is 2. The van der Waals surface area contributed by atoms with Crippen molar-refractivity contribution in [3.8, 4) is 0 Å². The number of rotatable bonds is 6. The summed E-state index contributed by atoms with van der Waals surface area (Å²) in [6.45, 7) is 5.27. The molecule has 1 atom stereocenters. The van der Waals surface area contributed by atoms with E-state index >= 15 is 0 Å². The summed E-state index contributed by atoms with van der Waals surface area (Å²) < 4.78 is 1.97. The Bertz CT molecular complexity index is 545. The highest BCUT2D eigenvalue weighted by molar-refractivity contribution is 6.30. The van der Waals surface area contributed by atoms with E-state index in [9.17, 15) is 0 Å². The summed E-state index contributed by atoms with van der Waals surface area (Å²) in [6, 6.07) is 10.4. The summed E-state index contributed by atoms with van der Waals surface area (Å²) in [7, 11) is 2.00. The average Bonchev–Trinajstić information content (AvgIpc) is 2.82. The van der Waals surface area contributed by atoms with E-state index in [1.54, 1.807) is 0 Å². The molecule has 1 N–H and O–H groups in total. The minimum Gasteiger partial charge on any atom is -0.305 e. The van der Waals surface area contributed by atoms with E-state index < -0.39 is 0 Å². The van der Waals surface area contributed by atoms with Crippen LogP contribution in [-0.4, -0.2) is 16.3 Å². The first-order chi connectivity index (χ1) is 9.65. The molecule has 0 radical (unpaired) electrons. The number of benzene rings is 1. The lowest BCUT2D eigenvalue weighted by atomic mass is 10.0. The molecule has 2 aromatic rings. The molecule has 4 heteroatoms. The lowest BCUT2D eigenvalue weighted by Crippen LogP contribution is -2.25. The molecule has 2 rings (SSSR count). The van der Waals surface area contributed by atoms with Gasteiger partial charge < -0.3 is 5.32 Å². The van der Waals surface area contributed by atoms with Crippen LogP contribution in [0.4, 0.5) is 0 Å². The molecule has 1 aromatic heterocycles. The maximum absolute atomic E-state index is 5.99. The van der Waals surface area contributed by atoms with Crippen molar-refractivity contribution in [2.24, 2.45) is 7.05 Å². The van der Waals surface area contributed by atoms with Crippen LogP contribution in [0.2, 0.25) is 5.02 Å². The molecule has 0 fully saturated rings. The Morgan fingerprint density at radius 2 is 1.95 bits per heavy atom. The van der Waals surface area contributed by atoms with Gasteiger partial charge in [-0.3, -0.25) is 4.68 Å². The molecule has 1 heterocycles. The van der Waals surface area contributed by atoms with Gasteiger partial charge in [-0.05, 0) is 43.1 Å². The highest BCUT2D eigenvalue weighted by Gasteiger charge is 2.18. The minimum absolute atomic E-state index is 0.157. The van der Waals surface area contributed by atoms with Crippen LogP contribution in [-0.2, 0) is 13.5 Å². The van der Waals surface area contributed by atoms with Crippen LogP contribution in [0, 0.1) is 0 Å². The number of halogens is 1. The largest absolute Gasteiger partial charge is 0.305 e.